The van der Waals surface area contributed by atoms with Gasteiger partial charge in [-0.05, 0) is 34.6 Å². The van der Waals surface area contributed by atoms with Crippen molar-refractivity contribution in [3.8, 4) is 5.75 Å². The average Bonchev–Trinajstić information content (AvgIpc) is 2.62. The zero-order valence-electron chi connectivity index (χ0n) is 19.7. The molecule has 0 spiro atoms. The lowest BCUT2D eigenvalue weighted by atomic mass is 9.78. The van der Waals surface area contributed by atoms with Crippen molar-refractivity contribution in [1.82, 2.24) is 0 Å². The van der Waals surface area contributed by atoms with Gasteiger partial charge in [0.2, 0.25) is 0 Å². The van der Waals surface area contributed by atoms with Gasteiger partial charge in [-0.1, -0.05) is 86.5 Å². The Morgan fingerprint density at radius 2 is 1.47 bits per heavy atom. The Labute approximate surface area is 182 Å². The van der Waals surface area contributed by atoms with Crippen LogP contribution in [0.3, 0.4) is 0 Å². The van der Waals surface area contributed by atoms with E-state index in [0.29, 0.717) is 5.75 Å². The van der Waals surface area contributed by atoms with E-state index in [1.165, 1.54) is 18.9 Å². The van der Waals surface area contributed by atoms with Gasteiger partial charge in [0, 0.05) is 11.1 Å². The molecule has 0 bridgehead atoms. The minimum absolute atomic E-state index is 0.209. The van der Waals surface area contributed by atoms with E-state index in [9.17, 15) is 14.5 Å². The summed E-state index contributed by atoms with van der Waals surface area (Å²) in [5, 5.41) is 10.7. The first kappa shape index (κ1) is 28.3. The first-order valence-electron chi connectivity index (χ1n) is 10.3. The van der Waals surface area contributed by atoms with Gasteiger partial charge in [0.05, 0.1) is 0 Å². The molecular formula is C24H39O5P. The molecular weight excluding hydrogens is 399 g/mol. The second-order valence-electron chi connectivity index (χ2n) is 9.20. The molecule has 0 saturated heterocycles. The maximum Gasteiger partial charge on any atom is 0.317 e. The predicted octanol–water partition coefficient (Wildman–Crippen LogP) is 6.33. The fraction of sp³-hybridized carbons (Fsp3) is 0.542. The lowest BCUT2D eigenvalue weighted by Crippen LogP contribution is -2.17. The average molecular weight is 439 g/mol. The first-order chi connectivity index (χ1) is 13.7. The lowest BCUT2D eigenvalue weighted by molar-refractivity contribution is -0.116. The van der Waals surface area contributed by atoms with Crippen LogP contribution in [0.15, 0.2) is 30.4 Å². The molecule has 6 heteroatoms. The molecule has 0 heterocycles. The number of allylic oxidation sites excluding steroid dienone is 2. The highest BCUT2D eigenvalue weighted by Crippen LogP contribution is 2.40. The number of unbranched alkanes of at least 4 members (excludes halogenated alkanes) is 1. The molecule has 0 aromatic heterocycles. The number of benzene rings is 1. The molecule has 30 heavy (non-hydrogen) atoms. The number of hydrogen-bond acceptors (Lipinski definition) is 4. The Kier molecular flexibility index (Phi) is 12.2. The van der Waals surface area contributed by atoms with Crippen LogP contribution in [0, 0.1) is 0 Å². The summed E-state index contributed by atoms with van der Waals surface area (Å²) < 4.78 is 14.8. The van der Waals surface area contributed by atoms with E-state index in [4.69, 9.17) is 4.89 Å². The maximum atomic E-state index is 11.5. The monoisotopic (exact) mass is 438 g/mol. The molecule has 0 amide bonds. The quantitative estimate of drug-likeness (QED) is 0.295. The van der Waals surface area contributed by atoms with Crippen molar-refractivity contribution in [2.24, 2.45) is 0 Å². The van der Waals surface area contributed by atoms with E-state index in [0.717, 1.165) is 16.7 Å². The first-order valence-corrected chi connectivity index (χ1v) is 11.6. The molecule has 1 aromatic carbocycles. The summed E-state index contributed by atoms with van der Waals surface area (Å²) in [6.07, 6.45) is 9.05. The van der Waals surface area contributed by atoms with Crippen molar-refractivity contribution < 1.29 is 23.9 Å². The van der Waals surface area contributed by atoms with Crippen molar-refractivity contribution >= 4 is 20.1 Å². The number of aromatic hydroxyl groups is 1. The van der Waals surface area contributed by atoms with E-state index in [1.54, 1.807) is 12.2 Å². The van der Waals surface area contributed by atoms with Gasteiger partial charge in [0.1, 0.15) is 12.4 Å². The summed E-state index contributed by atoms with van der Waals surface area (Å²) >= 11 is 0. The highest BCUT2D eigenvalue weighted by atomic mass is 31.1. The molecule has 2 N–H and O–H groups in total. The normalized spacial score (nSPS) is 13.4. The van der Waals surface area contributed by atoms with Crippen molar-refractivity contribution in [1.29, 1.82) is 0 Å². The minimum Gasteiger partial charge on any atom is -0.507 e. The maximum absolute atomic E-state index is 11.5. The smallest absolute Gasteiger partial charge is 0.317 e. The largest absolute Gasteiger partial charge is 0.507 e. The second kappa shape index (κ2) is 12.9. The second-order valence-corrected chi connectivity index (χ2v) is 10.0. The van der Waals surface area contributed by atoms with Crippen molar-refractivity contribution in [3.05, 3.63) is 47.1 Å². The number of phenolic OH excluding ortho intramolecular Hbond substituents is 1. The van der Waals surface area contributed by atoms with Crippen LogP contribution in [0.5, 0.6) is 5.75 Å². The van der Waals surface area contributed by atoms with Crippen molar-refractivity contribution in [2.45, 2.75) is 79.1 Å². The summed E-state index contributed by atoms with van der Waals surface area (Å²) in [5.41, 5.74) is 2.24. The van der Waals surface area contributed by atoms with E-state index in [1.807, 2.05) is 59.8 Å². The van der Waals surface area contributed by atoms with Crippen LogP contribution in [0.2, 0.25) is 0 Å². The van der Waals surface area contributed by atoms with Gasteiger partial charge in [0.25, 0.3) is 0 Å². The third-order valence-electron chi connectivity index (χ3n) is 4.27. The van der Waals surface area contributed by atoms with Gasteiger partial charge >= 0.3 is 8.25 Å². The zero-order valence-corrected chi connectivity index (χ0v) is 20.7. The standard InChI is InChI=1S/C20H29O5P.C4H10/c1-19(2,3)16-11-14(12-17(18(16)22)20(4,5)6)9-7-8-10-15(21)13-25-26(23)24;1-3-4-2/h7-12,22,26H,13H2,1-6H3,(H,23,24);3-4H2,1-2H3/b9-7+,10-8+;. The van der Waals surface area contributed by atoms with Crippen LogP contribution in [0.4, 0.5) is 0 Å². The van der Waals surface area contributed by atoms with Crippen LogP contribution in [0.1, 0.15) is 84.9 Å². The fourth-order valence-electron chi connectivity index (χ4n) is 2.41. The van der Waals surface area contributed by atoms with Crippen molar-refractivity contribution in [3.63, 3.8) is 0 Å². The SMILES string of the molecule is CC(C)(C)c1cc(/C=C/C=C/C(=O)CO[PH](=O)O)cc(C(C)(C)C)c1O.CCCC. The number of carbonyl (C=O) groups is 1. The molecule has 0 fully saturated rings. The molecule has 0 aliphatic carbocycles. The molecule has 0 aliphatic rings. The van der Waals surface area contributed by atoms with Gasteiger partial charge in [-0.15, -0.1) is 0 Å². The predicted molar refractivity (Wildman–Crippen MR) is 126 cm³/mol. The summed E-state index contributed by atoms with van der Waals surface area (Å²) in [6.45, 7) is 16.2. The summed E-state index contributed by atoms with van der Waals surface area (Å²) in [5.74, 6) is -0.0669. The third kappa shape index (κ3) is 10.9. The van der Waals surface area contributed by atoms with Gasteiger partial charge in [-0.25, -0.2) is 0 Å². The molecule has 170 valence electrons. The summed E-state index contributed by atoms with van der Waals surface area (Å²) in [7, 11) is -3.09. The molecule has 0 saturated carbocycles. The fourth-order valence-corrected chi connectivity index (χ4v) is 2.67. The molecule has 5 nitrogen and oxygen atoms in total. The van der Waals surface area contributed by atoms with Crippen LogP contribution in [-0.2, 0) is 24.7 Å². The zero-order chi connectivity index (χ0) is 23.5. The highest BCUT2D eigenvalue weighted by Gasteiger charge is 2.26. The van der Waals surface area contributed by atoms with E-state index < -0.39 is 20.6 Å². The van der Waals surface area contributed by atoms with Crippen LogP contribution in [-0.4, -0.2) is 22.4 Å². The minimum atomic E-state index is -3.09. The lowest BCUT2D eigenvalue weighted by Gasteiger charge is -2.27. The Balaban J connectivity index is 0.00000192. The molecule has 0 aliphatic heterocycles. The topological polar surface area (TPSA) is 83.8 Å². The highest BCUT2D eigenvalue weighted by molar-refractivity contribution is 7.32. The molecule has 1 atom stereocenters. The van der Waals surface area contributed by atoms with Crippen molar-refractivity contribution in [2.75, 3.05) is 6.61 Å². The van der Waals surface area contributed by atoms with E-state index in [-0.39, 0.29) is 10.8 Å². The Bertz CT molecular complexity index is 728. The molecule has 1 rings (SSSR count). The molecule has 1 aromatic rings. The molecule has 0 radical (unpaired) electrons. The van der Waals surface area contributed by atoms with Gasteiger partial charge < -0.3 is 14.5 Å². The Morgan fingerprint density at radius 3 is 1.83 bits per heavy atom. The number of phenols is 1. The summed E-state index contributed by atoms with van der Waals surface area (Å²) in [6, 6.07) is 3.88. The van der Waals surface area contributed by atoms with Gasteiger partial charge in [-0.2, -0.15) is 0 Å². The van der Waals surface area contributed by atoms with E-state index >= 15 is 0 Å². The number of hydrogen-bond donors (Lipinski definition) is 2. The number of carbonyl (C=O) groups excluding carboxylic acids is 1. The van der Waals surface area contributed by atoms with Gasteiger partial charge in [-0.3, -0.25) is 9.36 Å². The van der Waals surface area contributed by atoms with Crippen LogP contribution >= 0.6 is 8.25 Å². The van der Waals surface area contributed by atoms with Gasteiger partial charge in [0.15, 0.2) is 5.78 Å². The molecule has 1 unspecified atom stereocenters. The van der Waals surface area contributed by atoms with Crippen LogP contribution in [0.25, 0.3) is 6.08 Å². The Morgan fingerprint density at radius 1 is 1.00 bits per heavy atom. The Hall–Kier alpha value is -1.68. The number of ketones is 1. The summed E-state index contributed by atoms with van der Waals surface area (Å²) in [4.78, 5) is 20.0. The van der Waals surface area contributed by atoms with Crippen LogP contribution < -0.4 is 0 Å². The number of rotatable bonds is 7. The third-order valence-corrected chi connectivity index (χ3v) is 4.66. The van der Waals surface area contributed by atoms with E-state index in [2.05, 4.69) is 18.4 Å².